The molecule has 0 saturated carbocycles. The molecule has 1 unspecified atom stereocenters. The van der Waals surface area contributed by atoms with Crippen LogP contribution in [-0.4, -0.2) is 23.9 Å². The van der Waals surface area contributed by atoms with Crippen molar-refractivity contribution in [2.45, 2.75) is 19.0 Å². The topological polar surface area (TPSA) is 111 Å². The third kappa shape index (κ3) is 5.83. The minimum Gasteiger partial charge on any atom is -0.469 e. The molecule has 0 bridgehead atoms. The lowest BCUT2D eigenvalue weighted by atomic mass is 10.1. The molecule has 1 aromatic heterocycles. The first-order valence-corrected chi connectivity index (χ1v) is 10.8. The smallest absolute Gasteiger partial charge is 0.307 e. The SMILES string of the molecule is COC(=O)CC(NC(=O)c1ccc(NCc2ccccc2Cl)c([N+](=O)[O-])c1)c1cccs1. The van der Waals surface area contributed by atoms with Gasteiger partial charge in [0.2, 0.25) is 0 Å². The molecule has 0 aliphatic rings. The molecule has 0 saturated heterocycles. The number of thiophene rings is 1. The van der Waals surface area contributed by atoms with Crippen LogP contribution in [0.2, 0.25) is 5.02 Å². The van der Waals surface area contributed by atoms with Gasteiger partial charge in [-0.2, -0.15) is 0 Å². The molecule has 2 aromatic carbocycles. The van der Waals surface area contributed by atoms with E-state index in [0.717, 1.165) is 10.4 Å². The summed E-state index contributed by atoms with van der Waals surface area (Å²) in [6, 6.07) is 14.3. The van der Waals surface area contributed by atoms with E-state index < -0.39 is 22.8 Å². The van der Waals surface area contributed by atoms with Crippen molar-refractivity contribution in [1.82, 2.24) is 5.32 Å². The number of carbonyl (C=O) groups is 2. The van der Waals surface area contributed by atoms with Crippen LogP contribution >= 0.6 is 22.9 Å². The summed E-state index contributed by atoms with van der Waals surface area (Å²) in [6.07, 6.45) is -0.0533. The largest absolute Gasteiger partial charge is 0.469 e. The number of ether oxygens (including phenoxy) is 1. The molecule has 32 heavy (non-hydrogen) atoms. The molecule has 3 rings (SSSR count). The highest BCUT2D eigenvalue weighted by Crippen LogP contribution is 2.28. The van der Waals surface area contributed by atoms with E-state index in [2.05, 4.69) is 10.6 Å². The third-order valence-corrected chi connectivity index (χ3v) is 6.03. The van der Waals surface area contributed by atoms with Gasteiger partial charge in [-0.1, -0.05) is 35.9 Å². The van der Waals surface area contributed by atoms with E-state index in [9.17, 15) is 19.7 Å². The number of amides is 1. The van der Waals surface area contributed by atoms with Gasteiger partial charge in [-0.3, -0.25) is 19.7 Å². The number of hydrogen-bond donors (Lipinski definition) is 2. The van der Waals surface area contributed by atoms with Gasteiger partial charge in [0.05, 0.1) is 24.5 Å². The second kappa shape index (κ2) is 10.7. The summed E-state index contributed by atoms with van der Waals surface area (Å²) in [4.78, 5) is 36.4. The van der Waals surface area contributed by atoms with Crippen LogP contribution in [0.3, 0.4) is 0 Å². The highest BCUT2D eigenvalue weighted by atomic mass is 35.5. The fourth-order valence-corrected chi connectivity index (χ4v) is 3.99. The minimum atomic E-state index is -0.605. The molecular weight excluding hydrogens is 454 g/mol. The zero-order valence-electron chi connectivity index (χ0n) is 17.0. The molecule has 10 heteroatoms. The number of rotatable bonds is 9. The van der Waals surface area contributed by atoms with Gasteiger partial charge in [-0.15, -0.1) is 11.3 Å². The van der Waals surface area contributed by atoms with Crippen LogP contribution in [0.1, 0.15) is 33.3 Å². The van der Waals surface area contributed by atoms with E-state index in [1.54, 1.807) is 24.3 Å². The Morgan fingerprint density at radius 1 is 1.19 bits per heavy atom. The zero-order chi connectivity index (χ0) is 23.1. The number of benzene rings is 2. The van der Waals surface area contributed by atoms with Crippen molar-refractivity contribution in [2.24, 2.45) is 0 Å². The number of nitro benzene ring substituents is 1. The van der Waals surface area contributed by atoms with Gasteiger partial charge in [0.25, 0.3) is 11.6 Å². The van der Waals surface area contributed by atoms with Crippen molar-refractivity contribution >= 4 is 46.2 Å². The predicted molar refractivity (Wildman–Crippen MR) is 123 cm³/mol. The number of hydrogen-bond acceptors (Lipinski definition) is 7. The van der Waals surface area contributed by atoms with Crippen molar-refractivity contribution in [1.29, 1.82) is 0 Å². The average Bonchev–Trinajstić information content (AvgIpc) is 3.32. The first-order valence-electron chi connectivity index (χ1n) is 9.56. The van der Waals surface area contributed by atoms with Gasteiger partial charge in [0, 0.05) is 28.1 Å². The molecule has 0 spiro atoms. The number of nitrogens with one attached hydrogen (secondary N) is 2. The second-order valence-corrected chi connectivity index (χ2v) is 8.14. The number of halogens is 1. The molecule has 0 fully saturated rings. The van der Waals surface area contributed by atoms with Gasteiger partial charge >= 0.3 is 5.97 Å². The number of esters is 1. The van der Waals surface area contributed by atoms with E-state index in [-0.39, 0.29) is 29.9 Å². The molecule has 8 nitrogen and oxygen atoms in total. The maximum absolute atomic E-state index is 12.8. The van der Waals surface area contributed by atoms with Crippen molar-refractivity contribution in [3.05, 3.63) is 91.1 Å². The Morgan fingerprint density at radius 3 is 2.62 bits per heavy atom. The minimum absolute atomic E-state index is 0.0533. The summed E-state index contributed by atoms with van der Waals surface area (Å²) >= 11 is 7.52. The number of methoxy groups -OCH3 is 1. The Morgan fingerprint density at radius 2 is 1.97 bits per heavy atom. The van der Waals surface area contributed by atoms with Gasteiger partial charge in [-0.25, -0.2) is 0 Å². The number of nitro groups is 1. The molecule has 166 valence electrons. The van der Waals surface area contributed by atoms with Crippen molar-refractivity contribution in [2.75, 3.05) is 12.4 Å². The van der Waals surface area contributed by atoms with Gasteiger partial charge in [0.15, 0.2) is 0 Å². The number of nitrogens with zero attached hydrogens (tertiary/aromatic N) is 1. The fourth-order valence-electron chi connectivity index (χ4n) is 3.01. The Bertz CT molecular complexity index is 1120. The lowest BCUT2D eigenvalue weighted by Gasteiger charge is -2.17. The first-order chi connectivity index (χ1) is 15.4. The average molecular weight is 474 g/mol. The van der Waals surface area contributed by atoms with E-state index in [0.29, 0.717) is 5.02 Å². The van der Waals surface area contributed by atoms with Crippen LogP contribution in [0.4, 0.5) is 11.4 Å². The van der Waals surface area contributed by atoms with Crippen LogP contribution < -0.4 is 10.6 Å². The Labute approximate surface area is 193 Å². The molecule has 0 aliphatic heterocycles. The molecule has 0 aliphatic carbocycles. The summed E-state index contributed by atoms with van der Waals surface area (Å²) in [5.74, 6) is -1.01. The lowest BCUT2D eigenvalue weighted by molar-refractivity contribution is -0.384. The van der Waals surface area contributed by atoms with Crippen LogP contribution in [-0.2, 0) is 16.1 Å². The van der Waals surface area contributed by atoms with Crippen LogP contribution in [0.25, 0.3) is 0 Å². The second-order valence-electron chi connectivity index (χ2n) is 6.76. The molecular formula is C22H20ClN3O5S. The van der Waals surface area contributed by atoms with Crippen LogP contribution in [0, 0.1) is 10.1 Å². The summed E-state index contributed by atoms with van der Waals surface area (Å²) in [7, 11) is 1.27. The molecule has 3 aromatic rings. The van der Waals surface area contributed by atoms with Crippen LogP contribution in [0.5, 0.6) is 0 Å². The normalized spacial score (nSPS) is 11.4. The maximum atomic E-state index is 12.8. The first kappa shape index (κ1) is 23.2. The number of anilines is 1. The highest BCUT2D eigenvalue weighted by Gasteiger charge is 2.23. The molecule has 1 heterocycles. The standard InChI is InChI=1S/C22H20ClN3O5S/c1-31-21(27)12-18(20-7-4-10-32-20)25-22(28)14-8-9-17(19(11-14)26(29)30)24-13-15-5-2-3-6-16(15)23/h2-11,18,24H,12-13H2,1H3,(H,25,28). The van der Waals surface area contributed by atoms with Gasteiger partial charge < -0.3 is 15.4 Å². The van der Waals surface area contributed by atoms with Crippen molar-refractivity contribution < 1.29 is 19.2 Å². The summed E-state index contributed by atoms with van der Waals surface area (Å²) in [5.41, 5.74) is 0.902. The Kier molecular flexibility index (Phi) is 7.80. The Hall–Kier alpha value is -3.43. The van der Waals surface area contributed by atoms with Crippen molar-refractivity contribution in [3.8, 4) is 0 Å². The number of carbonyl (C=O) groups excluding carboxylic acids is 2. The van der Waals surface area contributed by atoms with Crippen molar-refractivity contribution in [3.63, 3.8) is 0 Å². The molecule has 1 atom stereocenters. The molecule has 1 amide bonds. The molecule has 0 radical (unpaired) electrons. The fraction of sp³-hybridized carbons (Fsp3) is 0.182. The third-order valence-electron chi connectivity index (χ3n) is 4.67. The molecule has 2 N–H and O–H groups in total. The van der Waals surface area contributed by atoms with E-state index in [1.807, 2.05) is 17.5 Å². The van der Waals surface area contributed by atoms with Crippen LogP contribution in [0.15, 0.2) is 60.0 Å². The van der Waals surface area contributed by atoms with E-state index in [1.165, 1.54) is 36.6 Å². The summed E-state index contributed by atoms with van der Waals surface area (Å²) < 4.78 is 4.71. The highest BCUT2D eigenvalue weighted by molar-refractivity contribution is 7.10. The Balaban J connectivity index is 1.79. The quantitative estimate of drug-likeness (QED) is 0.258. The summed E-state index contributed by atoms with van der Waals surface area (Å²) in [5, 5.41) is 19.8. The zero-order valence-corrected chi connectivity index (χ0v) is 18.6. The van der Waals surface area contributed by atoms with Gasteiger partial charge in [0.1, 0.15) is 5.69 Å². The maximum Gasteiger partial charge on any atom is 0.307 e. The van der Waals surface area contributed by atoms with E-state index in [4.69, 9.17) is 16.3 Å². The van der Waals surface area contributed by atoms with Gasteiger partial charge in [-0.05, 0) is 35.2 Å². The predicted octanol–water partition coefficient (Wildman–Crippen LogP) is 4.96. The summed E-state index contributed by atoms with van der Waals surface area (Å²) in [6.45, 7) is 0.283. The monoisotopic (exact) mass is 473 g/mol. The lowest BCUT2D eigenvalue weighted by Crippen LogP contribution is -2.30. The van der Waals surface area contributed by atoms with E-state index >= 15 is 0 Å².